The van der Waals surface area contributed by atoms with Gasteiger partial charge in [0.15, 0.2) is 0 Å². The minimum absolute atomic E-state index is 0.0167. The van der Waals surface area contributed by atoms with Crippen molar-refractivity contribution in [1.82, 2.24) is 19.9 Å². The van der Waals surface area contributed by atoms with Crippen LogP contribution in [0.5, 0.6) is 0 Å². The third-order valence-corrected chi connectivity index (χ3v) is 7.34. The number of aliphatic hydroxyl groups is 1. The molecule has 7 nitrogen and oxygen atoms in total. The Morgan fingerprint density at radius 3 is 2.66 bits per heavy atom. The summed E-state index contributed by atoms with van der Waals surface area (Å²) in [5.41, 5.74) is 2.14. The molecule has 4 aromatic rings. The van der Waals surface area contributed by atoms with Crippen molar-refractivity contribution in [3.8, 4) is 0 Å². The van der Waals surface area contributed by atoms with Crippen LogP contribution < -0.4 is 0 Å². The zero-order valence-corrected chi connectivity index (χ0v) is 20.5. The minimum atomic E-state index is -0.614. The molecular formula is C26H25ClN4O3S. The lowest BCUT2D eigenvalue weighted by atomic mass is 9.90. The van der Waals surface area contributed by atoms with Gasteiger partial charge in [0.1, 0.15) is 12.3 Å². The van der Waals surface area contributed by atoms with Crippen molar-refractivity contribution in [2.45, 2.75) is 37.8 Å². The highest BCUT2D eigenvalue weighted by Crippen LogP contribution is 2.37. The first-order valence-corrected chi connectivity index (χ1v) is 12.7. The van der Waals surface area contributed by atoms with E-state index in [1.165, 1.54) is 4.88 Å². The highest BCUT2D eigenvalue weighted by atomic mass is 35.5. The lowest BCUT2D eigenvalue weighted by Gasteiger charge is -2.42. The molecule has 3 atom stereocenters. The summed E-state index contributed by atoms with van der Waals surface area (Å²) in [7, 11) is 0. The van der Waals surface area contributed by atoms with E-state index in [1.54, 1.807) is 46.5 Å². The highest BCUT2D eigenvalue weighted by molar-refractivity contribution is 7.09. The van der Waals surface area contributed by atoms with Gasteiger partial charge in [0.2, 0.25) is 0 Å². The number of rotatable bonds is 7. The SMILES string of the molecule is O=C(OCc1cn([C@H]2CN(Cc3cccs3)[C@@H](c3ccc(Cl)cc3)C[C@@H]2O)nn1)c1ccccc1. The molecule has 1 N–H and O–H groups in total. The van der Waals surface area contributed by atoms with Crippen molar-refractivity contribution < 1.29 is 14.6 Å². The van der Waals surface area contributed by atoms with Crippen molar-refractivity contribution in [2.24, 2.45) is 0 Å². The normalized spacial score (nSPS) is 20.6. The number of ether oxygens (including phenoxy) is 1. The number of benzene rings is 2. The fraction of sp³-hybridized carbons (Fsp3) is 0.269. The fourth-order valence-corrected chi connectivity index (χ4v) is 5.29. The van der Waals surface area contributed by atoms with E-state index in [9.17, 15) is 9.90 Å². The van der Waals surface area contributed by atoms with Gasteiger partial charge >= 0.3 is 5.97 Å². The standard InChI is InChI=1S/C26H25ClN4O3S/c27-20-10-8-18(9-11-20)23-13-25(32)24(16-30(23)15-22-7-4-12-35-22)31-14-21(28-29-31)17-34-26(33)19-5-2-1-3-6-19/h1-12,14,23-25,32H,13,15-17H2/t23-,24+,25+/m1/s1. The zero-order chi connectivity index (χ0) is 24.2. The van der Waals surface area contributed by atoms with Gasteiger partial charge in [0, 0.05) is 29.0 Å². The Kier molecular flexibility index (Phi) is 7.24. The molecule has 1 aliphatic rings. The molecule has 5 rings (SSSR count). The second-order valence-corrected chi connectivity index (χ2v) is 10.0. The summed E-state index contributed by atoms with van der Waals surface area (Å²) in [6.07, 6.45) is 1.69. The van der Waals surface area contributed by atoms with Gasteiger partial charge < -0.3 is 9.84 Å². The number of carbonyl (C=O) groups is 1. The molecule has 0 saturated carbocycles. The number of carbonyl (C=O) groups excluding carboxylic acids is 1. The predicted molar refractivity (Wildman–Crippen MR) is 134 cm³/mol. The van der Waals surface area contributed by atoms with Gasteiger partial charge in [-0.3, -0.25) is 4.90 Å². The molecule has 1 saturated heterocycles. The zero-order valence-electron chi connectivity index (χ0n) is 18.9. The summed E-state index contributed by atoms with van der Waals surface area (Å²) in [4.78, 5) is 15.9. The summed E-state index contributed by atoms with van der Waals surface area (Å²) in [5, 5.41) is 22.3. The number of thiophene rings is 1. The van der Waals surface area contributed by atoms with E-state index in [2.05, 4.69) is 26.7 Å². The molecule has 2 aromatic carbocycles. The second kappa shape index (κ2) is 10.7. The topological polar surface area (TPSA) is 80.5 Å². The number of likely N-dealkylation sites (tertiary alicyclic amines) is 1. The number of hydrogen-bond acceptors (Lipinski definition) is 7. The smallest absolute Gasteiger partial charge is 0.338 e. The minimum Gasteiger partial charge on any atom is -0.455 e. The highest BCUT2D eigenvalue weighted by Gasteiger charge is 2.37. The number of halogens is 1. The van der Waals surface area contributed by atoms with Crippen LogP contribution in [-0.2, 0) is 17.9 Å². The van der Waals surface area contributed by atoms with Gasteiger partial charge in [-0.05, 0) is 47.7 Å². The van der Waals surface area contributed by atoms with Crippen molar-refractivity contribution in [1.29, 1.82) is 0 Å². The van der Waals surface area contributed by atoms with E-state index in [0.717, 1.165) is 12.1 Å². The lowest BCUT2D eigenvalue weighted by Crippen LogP contribution is -2.45. The summed E-state index contributed by atoms with van der Waals surface area (Å²) >= 11 is 7.82. The van der Waals surface area contributed by atoms with Gasteiger partial charge in [-0.15, -0.1) is 16.4 Å². The van der Waals surface area contributed by atoms with Gasteiger partial charge in [-0.1, -0.05) is 53.2 Å². The van der Waals surface area contributed by atoms with Gasteiger partial charge in [0.05, 0.1) is 23.9 Å². The molecule has 0 aliphatic carbocycles. The summed E-state index contributed by atoms with van der Waals surface area (Å²) in [6.45, 7) is 1.38. The fourth-order valence-electron chi connectivity index (χ4n) is 4.43. The van der Waals surface area contributed by atoms with Gasteiger partial charge in [-0.2, -0.15) is 0 Å². The Morgan fingerprint density at radius 2 is 1.91 bits per heavy atom. The maximum atomic E-state index is 12.2. The first kappa shape index (κ1) is 23.7. The predicted octanol–water partition coefficient (Wildman–Crippen LogP) is 4.90. The van der Waals surface area contributed by atoms with Crippen molar-refractivity contribution in [3.05, 3.63) is 105 Å². The molecule has 35 heavy (non-hydrogen) atoms. The maximum absolute atomic E-state index is 12.2. The molecule has 0 radical (unpaired) electrons. The Labute approximate surface area is 212 Å². The third-order valence-electron chi connectivity index (χ3n) is 6.22. The number of piperidine rings is 1. The Balaban J connectivity index is 1.30. The lowest BCUT2D eigenvalue weighted by molar-refractivity contribution is -0.0105. The van der Waals surface area contributed by atoms with E-state index in [1.807, 2.05) is 36.4 Å². The van der Waals surface area contributed by atoms with Crippen LogP contribution in [0, 0.1) is 0 Å². The largest absolute Gasteiger partial charge is 0.455 e. The number of aliphatic hydroxyl groups excluding tert-OH is 1. The Morgan fingerprint density at radius 1 is 1.11 bits per heavy atom. The average Bonchev–Trinajstić information content (AvgIpc) is 3.57. The van der Waals surface area contributed by atoms with Crippen molar-refractivity contribution in [3.63, 3.8) is 0 Å². The molecule has 0 amide bonds. The van der Waals surface area contributed by atoms with Crippen LogP contribution in [0.1, 0.15) is 45.0 Å². The van der Waals surface area contributed by atoms with E-state index >= 15 is 0 Å². The first-order valence-electron chi connectivity index (χ1n) is 11.4. The van der Waals surface area contributed by atoms with E-state index in [0.29, 0.717) is 29.2 Å². The van der Waals surface area contributed by atoms with Crippen molar-refractivity contribution >= 4 is 28.9 Å². The van der Waals surface area contributed by atoms with Crippen LogP contribution in [0.15, 0.2) is 78.3 Å². The van der Waals surface area contributed by atoms with Crippen LogP contribution in [-0.4, -0.2) is 43.6 Å². The molecule has 0 spiro atoms. The molecule has 1 fully saturated rings. The number of nitrogens with zero attached hydrogens (tertiary/aromatic N) is 4. The van der Waals surface area contributed by atoms with E-state index < -0.39 is 12.1 Å². The molecule has 9 heteroatoms. The molecule has 1 aliphatic heterocycles. The maximum Gasteiger partial charge on any atom is 0.338 e. The Hall–Kier alpha value is -3.04. The number of esters is 1. The molecule has 3 heterocycles. The molecule has 2 aromatic heterocycles. The molecule has 0 unspecified atom stereocenters. The second-order valence-electron chi connectivity index (χ2n) is 8.58. The quantitative estimate of drug-likeness (QED) is 0.358. The number of hydrogen-bond donors (Lipinski definition) is 1. The summed E-state index contributed by atoms with van der Waals surface area (Å²) in [6, 6.07) is 20.6. The molecular weight excluding hydrogens is 484 g/mol. The van der Waals surface area contributed by atoms with Gasteiger partial charge in [0.25, 0.3) is 0 Å². The molecule has 180 valence electrons. The van der Waals surface area contributed by atoms with Crippen LogP contribution in [0.3, 0.4) is 0 Å². The van der Waals surface area contributed by atoms with E-state index in [4.69, 9.17) is 16.3 Å². The van der Waals surface area contributed by atoms with Crippen molar-refractivity contribution in [2.75, 3.05) is 6.54 Å². The average molecular weight is 509 g/mol. The first-order chi connectivity index (χ1) is 17.1. The third kappa shape index (κ3) is 5.62. The van der Waals surface area contributed by atoms with Crippen LogP contribution in [0.2, 0.25) is 5.02 Å². The van der Waals surface area contributed by atoms with Crippen LogP contribution in [0.25, 0.3) is 0 Å². The monoisotopic (exact) mass is 508 g/mol. The number of aromatic nitrogens is 3. The van der Waals surface area contributed by atoms with E-state index in [-0.39, 0.29) is 18.7 Å². The summed E-state index contributed by atoms with van der Waals surface area (Å²) < 4.78 is 7.07. The molecule has 0 bridgehead atoms. The van der Waals surface area contributed by atoms with Crippen LogP contribution in [0.4, 0.5) is 0 Å². The van der Waals surface area contributed by atoms with Gasteiger partial charge in [-0.25, -0.2) is 9.48 Å². The Bertz CT molecular complexity index is 1250. The van der Waals surface area contributed by atoms with Crippen LogP contribution >= 0.6 is 22.9 Å². The summed E-state index contributed by atoms with van der Waals surface area (Å²) in [5.74, 6) is -0.411.